The first-order valence-electron chi connectivity index (χ1n) is 29.5. The molecule has 0 aliphatic carbocycles. The Morgan fingerprint density at radius 2 is 0.148 bits per heavy atom. The van der Waals surface area contributed by atoms with Gasteiger partial charge in [0.15, 0.2) is 0 Å². The van der Waals surface area contributed by atoms with E-state index in [-0.39, 0.29) is 29.6 Å². The summed E-state index contributed by atoms with van der Waals surface area (Å²) < 4.78 is 0. The van der Waals surface area contributed by atoms with Crippen LogP contribution in [-0.4, -0.2) is 29.6 Å². The first-order valence-corrected chi connectivity index (χ1v) is 29.5. The molecule has 0 amide bonds. The molecule has 0 rings (SSSR count). The van der Waals surface area contributed by atoms with Crippen molar-refractivity contribution in [3.63, 3.8) is 0 Å². The van der Waals surface area contributed by atoms with Gasteiger partial charge in [-0.2, -0.15) is 0 Å². The van der Waals surface area contributed by atoms with Gasteiger partial charge in [0.1, 0.15) is 0 Å². The summed E-state index contributed by atoms with van der Waals surface area (Å²) >= 11 is 0. The molecule has 0 bridgehead atoms. The van der Waals surface area contributed by atoms with Crippen LogP contribution in [0.5, 0.6) is 0 Å². The number of unbranched alkanes of at least 4 members (excludes halogenated alkanes) is 42. The molecule has 374 valence electrons. The fourth-order valence-electron chi connectivity index (χ4n) is 7.24. The Labute approximate surface area is 418 Å². The van der Waals surface area contributed by atoms with Crippen molar-refractivity contribution in [3.8, 4) is 0 Å². The van der Waals surface area contributed by atoms with Crippen molar-refractivity contribution >= 4 is 29.6 Å². The first kappa shape index (κ1) is 76.3. The van der Waals surface area contributed by atoms with Gasteiger partial charge in [0.2, 0.25) is 0 Å². The van der Waals surface area contributed by atoms with Crippen LogP contribution >= 0.6 is 0 Å². The van der Waals surface area contributed by atoms with E-state index in [4.69, 9.17) is 0 Å². The van der Waals surface area contributed by atoms with Gasteiger partial charge in [-0.1, -0.05) is 391 Å². The van der Waals surface area contributed by atoms with Gasteiger partial charge in [-0.15, -0.1) is 0 Å². The summed E-state index contributed by atoms with van der Waals surface area (Å²) in [5.41, 5.74) is 0. The van der Waals surface area contributed by atoms with Crippen LogP contribution in [0.15, 0.2) is 0 Å². The molecule has 0 aliphatic rings. The molecular weight excluding hydrogens is 744 g/mol. The summed E-state index contributed by atoms with van der Waals surface area (Å²) in [6.07, 6.45) is 68.8. The Morgan fingerprint density at radius 1 is 0.0984 bits per heavy atom. The second-order valence-corrected chi connectivity index (χ2v) is 18.7. The van der Waals surface area contributed by atoms with Crippen LogP contribution in [0.4, 0.5) is 0 Å². The predicted octanol–water partition coefficient (Wildman–Crippen LogP) is 24.2. The topological polar surface area (TPSA) is 0 Å². The van der Waals surface area contributed by atoms with Gasteiger partial charge < -0.3 is 0 Å². The third kappa shape index (κ3) is 115. The summed E-state index contributed by atoms with van der Waals surface area (Å²) in [7, 11) is 0. The zero-order valence-electron chi connectivity index (χ0n) is 45.9. The van der Waals surface area contributed by atoms with Gasteiger partial charge in [0.25, 0.3) is 0 Å². The van der Waals surface area contributed by atoms with E-state index in [9.17, 15) is 0 Å². The van der Waals surface area contributed by atoms with Crippen LogP contribution < -0.4 is 0 Å². The van der Waals surface area contributed by atoms with Crippen molar-refractivity contribution < 1.29 is 0 Å². The fourth-order valence-corrected chi connectivity index (χ4v) is 7.24. The summed E-state index contributed by atoms with van der Waals surface area (Å²) in [6.45, 7) is 27.2. The van der Waals surface area contributed by atoms with Crippen LogP contribution in [0.25, 0.3) is 0 Å². The monoisotopic (exact) mass is 877 g/mol. The minimum absolute atomic E-state index is 0. The van der Waals surface area contributed by atoms with Crippen molar-refractivity contribution in [1.82, 2.24) is 0 Å². The third-order valence-electron chi connectivity index (χ3n) is 11.7. The molecule has 0 aromatic rings. The summed E-state index contributed by atoms with van der Waals surface area (Å²) in [5.74, 6) is 0. The van der Waals surface area contributed by atoms with E-state index in [0.717, 1.165) is 0 Å². The molecule has 0 aliphatic heterocycles. The van der Waals surface area contributed by atoms with E-state index in [2.05, 4.69) is 83.1 Å². The number of hydrogen-bond acceptors (Lipinski definition) is 0. The van der Waals surface area contributed by atoms with Gasteiger partial charge in [-0.05, 0) is 0 Å². The second kappa shape index (κ2) is 91.5. The van der Waals surface area contributed by atoms with Gasteiger partial charge in [0, 0.05) is 0 Å². The summed E-state index contributed by atoms with van der Waals surface area (Å²) in [6, 6.07) is 0. The maximum atomic E-state index is 2.27. The average Bonchev–Trinajstić information content (AvgIpc) is 3.27. The van der Waals surface area contributed by atoms with E-state index in [1.165, 1.54) is 308 Å². The standard InChI is InChI=1S/6C10H22.Na.H/c6*1-3-5-7-9-10-8-6-4-2;;/h6*3-10H2,1-2H3;;. The van der Waals surface area contributed by atoms with Gasteiger partial charge >= 0.3 is 29.6 Å². The van der Waals surface area contributed by atoms with Crippen molar-refractivity contribution in [2.75, 3.05) is 0 Å². The molecule has 0 radical (unpaired) electrons. The van der Waals surface area contributed by atoms with Gasteiger partial charge in [-0.25, -0.2) is 0 Å². The first-order chi connectivity index (χ1) is 29.5. The molecule has 0 spiro atoms. The van der Waals surface area contributed by atoms with Crippen LogP contribution in [0, 0.1) is 0 Å². The van der Waals surface area contributed by atoms with Crippen molar-refractivity contribution in [2.45, 2.75) is 391 Å². The Balaban J connectivity index is -0.000000114. The van der Waals surface area contributed by atoms with Crippen molar-refractivity contribution in [2.24, 2.45) is 0 Å². The quantitative estimate of drug-likeness (QED) is 0.0423. The minimum atomic E-state index is 0. The maximum absolute atomic E-state index is 2.27. The molecule has 0 atom stereocenters. The summed E-state index contributed by atoms with van der Waals surface area (Å²) in [4.78, 5) is 0. The van der Waals surface area contributed by atoms with Crippen molar-refractivity contribution in [3.05, 3.63) is 0 Å². The molecule has 0 fully saturated rings. The van der Waals surface area contributed by atoms with E-state index < -0.39 is 0 Å². The fraction of sp³-hybridized carbons (Fsp3) is 1.00. The van der Waals surface area contributed by atoms with E-state index >= 15 is 0 Å². The average molecular weight is 878 g/mol. The van der Waals surface area contributed by atoms with E-state index in [1.807, 2.05) is 0 Å². The van der Waals surface area contributed by atoms with Crippen molar-refractivity contribution in [1.29, 1.82) is 0 Å². The second-order valence-electron chi connectivity index (χ2n) is 18.7. The normalized spacial score (nSPS) is 10.0. The Hall–Kier alpha value is 1.00. The molecule has 0 unspecified atom stereocenters. The van der Waals surface area contributed by atoms with Crippen LogP contribution in [0.2, 0.25) is 0 Å². The molecule has 0 N–H and O–H groups in total. The third-order valence-corrected chi connectivity index (χ3v) is 11.7. The summed E-state index contributed by atoms with van der Waals surface area (Å²) in [5, 5.41) is 0. The van der Waals surface area contributed by atoms with Crippen LogP contribution in [0.3, 0.4) is 0 Å². The number of hydrogen-bond donors (Lipinski definition) is 0. The van der Waals surface area contributed by atoms with Crippen LogP contribution in [-0.2, 0) is 0 Å². The zero-order chi connectivity index (χ0) is 45.9. The zero-order valence-corrected chi connectivity index (χ0v) is 45.9. The molecule has 61 heavy (non-hydrogen) atoms. The van der Waals surface area contributed by atoms with Crippen LogP contribution in [0.1, 0.15) is 391 Å². The molecule has 0 saturated heterocycles. The number of rotatable bonds is 42. The van der Waals surface area contributed by atoms with E-state index in [1.54, 1.807) is 0 Å². The van der Waals surface area contributed by atoms with Gasteiger partial charge in [-0.3, -0.25) is 0 Å². The molecule has 1 heteroatoms. The molecule has 0 aromatic heterocycles. The molecular formula is C60H133Na. The molecule has 0 nitrogen and oxygen atoms in total. The Bertz CT molecular complexity index is 371. The van der Waals surface area contributed by atoms with Gasteiger partial charge in [0.05, 0.1) is 0 Å². The molecule has 0 heterocycles. The molecule has 0 aromatic carbocycles. The SMILES string of the molecule is CCCCCCCCCC.CCCCCCCCCC.CCCCCCCCCC.CCCCCCCCCC.CCCCCCCCCC.CCCCCCCCCC.[NaH]. The Morgan fingerprint density at radius 3 is 0.197 bits per heavy atom. The Kier molecular flexibility index (Phi) is 114. The molecule has 0 saturated carbocycles. The predicted molar refractivity (Wildman–Crippen MR) is 297 cm³/mol. The van der Waals surface area contributed by atoms with E-state index in [0.29, 0.717) is 0 Å².